The van der Waals surface area contributed by atoms with Crippen molar-refractivity contribution in [3.8, 4) is 6.01 Å². The minimum atomic E-state index is -0.513. The van der Waals surface area contributed by atoms with Crippen LogP contribution in [0.1, 0.15) is 73.6 Å². The second kappa shape index (κ2) is 9.43. The van der Waals surface area contributed by atoms with Crippen molar-refractivity contribution in [3.63, 3.8) is 0 Å². The highest BCUT2D eigenvalue weighted by Gasteiger charge is 2.45. The minimum absolute atomic E-state index is 0.0992. The number of carbonyl (C=O) groups is 2. The number of aromatic nitrogens is 2. The summed E-state index contributed by atoms with van der Waals surface area (Å²) in [7, 11) is 1.60. The van der Waals surface area contributed by atoms with Crippen LogP contribution in [0.5, 0.6) is 6.01 Å². The molecule has 6 rings (SSSR count). The molecule has 0 N–H and O–H groups in total. The van der Waals surface area contributed by atoms with Gasteiger partial charge in [-0.1, -0.05) is 12.1 Å². The van der Waals surface area contributed by atoms with Crippen LogP contribution < -0.4 is 14.5 Å². The fourth-order valence-electron chi connectivity index (χ4n) is 6.58. The van der Waals surface area contributed by atoms with Crippen molar-refractivity contribution in [1.82, 2.24) is 14.9 Å². The molecule has 0 saturated carbocycles. The van der Waals surface area contributed by atoms with Crippen molar-refractivity contribution in [2.75, 3.05) is 36.5 Å². The van der Waals surface area contributed by atoms with Gasteiger partial charge in [0.25, 0.3) is 0 Å². The Morgan fingerprint density at radius 1 is 1.03 bits per heavy atom. The van der Waals surface area contributed by atoms with Crippen LogP contribution >= 0.6 is 0 Å². The zero-order valence-electron chi connectivity index (χ0n) is 22.8. The van der Waals surface area contributed by atoms with E-state index in [9.17, 15) is 9.59 Å². The number of methoxy groups -OCH3 is 1. The van der Waals surface area contributed by atoms with E-state index >= 15 is 0 Å². The van der Waals surface area contributed by atoms with Gasteiger partial charge in [-0.05, 0) is 64.5 Å². The number of Topliss-reactive ketones (excluding diaryl/α,β-unsaturated/α-hetero) is 1. The minimum Gasteiger partial charge on any atom is -0.467 e. The molecular weight excluding hydrogens is 482 g/mol. The molecule has 2 fully saturated rings. The number of ether oxygens (including phenoxy) is 2. The summed E-state index contributed by atoms with van der Waals surface area (Å²) in [5.74, 6) is 1.16. The summed E-state index contributed by atoms with van der Waals surface area (Å²) in [6.07, 6.45) is 4.99. The molecule has 1 aliphatic carbocycles. The first-order chi connectivity index (χ1) is 18.2. The summed E-state index contributed by atoms with van der Waals surface area (Å²) in [5, 5.41) is 0. The summed E-state index contributed by atoms with van der Waals surface area (Å²) >= 11 is 0. The van der Waals surface area contributed by atoms with Gasteiger partial charge in [0.05, 0.1) is 31.4 Å². The van der Waals surface area contributed by atoms with Crippen molar-refractivity contribution < 1.29 is 19.1 Å². The molecule has 9 heteroatoms. The lowest BCUT2D eigenvalue weighted by Crippen LogP contribution is -2.57. The molecule has 1 aromatic heterocycles. The van der Waals surface area contributed by atoms with Gasteiger partial charge in [0.2, 0.25) is 0 Å². The third-order valence-corrected chi connectivity index (χ3v) is 8.19. The van der Waals surface area contributed by atoms with E-state index in [1.165, 1.54) is 0 Å². The highest BCUT2D eigenvalue weighted by molar-refractivity contribution is 6.03. The molecule has 0 radical (unpaired) electrons. The van der Waals surface area contributed by atoms with Gasteiger partial charge >= 0.3 is 12.1 Å². The van der Waals surface area contributed by atoms with Gasteiger partial charge in [-0.2, -0.15) is 9.97 Å². The van der Waals surface area contributed by atoms with Gasteiger partial charge < -0.3 is 19.3 Å². The molecule has 38 heavy (non-hydrogen) atoms. The van der Waals surface area contributed by atoms with Crippen LogP contribution in [0, 0.1) is 0 Å². The Morgan fingerprint density at radius 2 is 1.79 bits per heavy atom. The van der Waals surface area contributed by atoms with Gasteiger partial charge in [0.1, 0.15) is 11.4 Å². The number of anilines is 2. The third-order valence-electron chi connectivity index (χ3n) is 8.19. The summed E-state index contributed by atoms with van der Waals surface area (Å²) in [6, 6.07) is 6.77. The quantitative estimate of drug-likeness (QED) is 0.598. The van der Waals surface area contributed by atoms with E-state index in [1.807, 2.05) is 25.7 Å². The second-order valence-electron chi connectivity index (χ2n) is 11.9. The van der Waals surface area contributed by atoms with E-state index in [0.717, 1.165) is 72.5 Å². The van der Waals surface area contributed by atoms with Crippen LogP contribution in [0.4, 0.5) is 16.3 Å². The number of carbonyl (C=O) groups excluding carboxylic acids is 2. The maximum absolute atomic E-state index is 13.0. The first-order valence-electron chi connectivity index (χ1n) is 13.8. The van der Waals surface area contributed by atoms with Gasteiger partial charge in [0.15, 0.2) is 5.78 Å². The number of amides is 1. The summed E-state index contributed by atoms with van der Waals surface area (Å²) in [6.45, 7) is 8.56. The Hall–Kier alpha value is -3.36. The predicted molar refractivity (Wildman–Crippen MR) is 144 cm³/mol. The van der Waals surface area contributed by atoms with E-state index in [-0.39, 0.29) is 24.0 Å². The zero-order valence-corrected chi connectivity index (χ0v) is 22.8. The highest BCUT2D eigenvalue weighted by Crippen LogP contribution is 2.38. The number of ketones is 1. The fourth-order valence-corrected chi connectivity index (χ4v) is 6.58. The average Bonchev–Trinajstić information content (AvgIpc) is 3.16. The number of rotatable bonds is 3. The molecule has 2 unspecified atom stereocenters. The highest BCUT2D eigenvalue weighted by atomic mass is 16.6. The first-order valence-corrected chi connectivity index (χ1v) is 13.8. The van der Waals surface area contributed by atoms with E-state index in [0.29, 0.717) is 32.1 Å². The van der Waals surface area contributed by atoms with E-state index in [4.69, 9.17) is 19.4 Å². The molecule has 0 spiro atoms. The molecule has 4 heterocycles. The van der Waals surface area contributed by atoms with Gasteiger partial charge in [-0.3, -0.25) is 9.69 Å². The summed E-state index contributed by atoms with van der Waals surface area (Å²) < 4.78 is 11.3. The number of hydrogen-bond acceptors (Lipinski definition) is 8. The molecule has 2 bridgehead atoms. The van der Waals surface area contributed by atoms with Gasteiger partial charge in [0, 0.05) is 42.9 Å². The Bertz CT molecular complexity index is 1260. The molecule has 2 saturated heterocycles. The van der Waals surface area contributed by atoms with Crippen LogP contribution in [0.25, 0.3) is 0 Å². The van der Waals surface area contributed by atoms with Crippen molar-refractivity contribution in [2.24, 2.45) is 0 Å². The van der Waals surface area contributed by atoms with Crippen LogP contribution in [-0.2, 0) is 24.1 Å². The van der Waals surface area contributed by atoms with Crippen LogP contribution in [0.15, 0.2) is 18.2 Å². The van der Waals surface area contributed by atoms with Gasteiger partial charge in [-0.25, -0.2) is 4.79 Å². The van der Waals surface area contributed by atoms with Crippen molar-refractivity contribution >= 4 is 23.4 Å². The Labute approximate surface area is 224 Å². The molecular formula is C29H37N5O4. The largest absolute Gasteiger partial charge is 0.467 e. The molecule has 2 aromatic rings. The zero-order chi connectivity index (χ0) is 26.6. The molecule has 9 nitrogen and oxygen atoms in total. The summed E-state index contributed by atoms with van der Waals surface area (Å²) in [4.78, 5) is 41.9. The molecule has 3 aliphatic heterocycles. The van der Waals surface area contributed by atoms with Crippen LogP contribution in [0.3, 0.4) is 0 Å². The standard InChI is InChI=1S/C29H37N5O4/c1-29(2,3)38-28(36)34-19-11-12-20(34)16-33(15-19)26-21-13-14-32(17-22(21)30-27(31-26)37-4)23-9-5-7-18-8-6-10-24(35)25(18)23/h5,7,9,19-20H,6,8,10-17H2,1-4H3. The number of piperazine rings is 1. The maximum atomic E-state index is 13.0. The topological polar surface area (TPSA) is 88.1 Å². The number of hydrogen-bond donors (Lipinski definition) is 0. The molecule has 202 valence electrons. The Balaban J connectivity index is 1.27. The fraction of sp³-hybridized carbons (Fsp3) is 0.586. The van der Waals surface area contributed by atoms with Crippen LogP contribution in [0.2, 0.25) is 0 Å². The number of fused-ring (bicyclic) bond motifs is 4. The van der Waals surface area contributed by atoms with Crippen LogP contribution in [-0.4, -0.2) is 71.2 Å². The SMILES string of the molecule is COc1nc2c(c(N3CC4CCC(C3)N4C(=O)OC(C)(C)C)n1)CCN(c1cccc3c1C(=O)CCC3)C2. The van der Waals surface area contributed by atoms with Gasteiger partial charge in [-0.15, -0.1) is 0 Å². The van der Waals surface area contributed by atoms with Crippen molar-refractivity contribution in [1.29, 1.82) is 0 Å². The lowest BCUT2D eigenvalue weighted by atomic mass is 9.88. The average molecular weight is 520 g/mol. The lowest BCUT2D eigenvalue weighted by molar-refractivity contribution is 0.0122. The molecule has 4 aliphatic rings. The number of benzene rings is 1. The van der Waals surface area contributed by atoms with E-state index in [1.54, 1.807) is 7.11 Å². The Kier molecular flexibility index (Phi) is 6.19. The maximum Gasteiger partial charge on any atom is 0.410 e. The normalized spacial score (nSPS) is 22.7. The lowest BCUT2D eigenvalue weighted by Gasteiger charge is -2.43. The van der Waals surface area contributed by atoms with Crippen molar-refractivity contribution in [3.05, 3.63) is 40.6 Å². The number of nitrogens with zero attached hydrogens (tertiary/aromatic N) is 5. The van der Waals surface area contributed by atoms with E-state index < -0.39 is 5.60 Å². The van der Waals surface area contributed by atoms with Crippen molar-refractivity contribution in [2.45, 2.75) is 83.5 Å². The third kappa shape index (κ3) is 4.46. The molecule has 2 atom stereocenters. The Morgan fingerprint density at radius 3 is 2.50 bits per heavy atom. The summed E-state index contributed by atoms with van der Waals surface area (Å²) in [5.41, 5.74) is 4.63. The molecule has 1 aromatic carbocycles. The monoisotopic (exact) mass is 519 g/mol. The van der Waals surface area contributed by atoms with E-state index in [2.05, 4.69) is 28.0 Å². The number of aryl methyl sites for hydroxylation is 1. The molecule has 1 amide bonds. The first kappa shape index (κ1) is 24.9. The second-order valence-corrected chi connectivity index (χ2v) is 11.9. The predicted octanol–water partition coefficient (Wildman–Crippen LogP) is 4.16. The smallest absolute Gasteiger partial charge is 0.410 e.